The molecule has 3 aromatic rings. The molecule has 5 nitrogen and oxygen atoms in total. The van der Waals surface area contributed by atoms with Gasteiger partial charge in [0.2, 0.25) is 0 Å². The van der Waals surface area contributed by atoms with E-state index in [4.69, 9.17) is 10.5 Å². The second-order valence-electron chi connectivity index (χ2n) is 4.58. The summed E-state index contributed by atoms with van der Waals surface area (Å²) in [6.45, 7) is 2.03. The fraction of sp³-hybridized carbons (Fsp3) is 0.214. The Balaban J connectivity index is 2.39. The zero-order valence-corrected chi connectivity index (χ0v) is 11.2. The number of ether oxygens (including phenoxy) is 1. The molecule has 0 aliphatic heterocycles. The van der Waals surface area contributed by atoms with Gasteiger partial charge >= 0.3 is 0 Å². The topological polar surface area (TPSA) is 68.9 Å². The first-order chi connectivity index (χ1) is 9.13. The van der Waals surface area contributed by atoms with E-state index in [0.717, 1.165) is 33.6 Å². The van der Waals surface area contributed by atoms with E-state index in [1.807, 2.05) is 26.1 Å². The summed E-state index contributed by atoms with van der Waals surface area (Å²) in [6, 6.07) is 5.97. The number of para-hydroxylation sites is 1. The molecular formula is C14H16N4O. The Kier molecular flexibility index (Phi) is 2.48. The number of aromatic nitrogens is 3. The molecule has 3 N–H and O–H groups in total. The van der Waals surface area contributed by atoms with Crippen molar-refractivity contribution >= 4 is 16.6 Å². The summed E-state index contributed by atoms with van der Waals surface area (Å²) in [5.74, 6) is 0.826. The van der Waals surface area contributed by atoms with Gasteiger partial charge in [0.15, 0.2) is 0 Å². The fourth-order valence-corrected chi connectivity index (χ4v) is 2.56. The quantitative estimate of drug-likeness (QED) is 0.740. The number of aromatic amines is 1. The molecule has 0 fully saturated rings. The molecule has 98 valence electrons. The molecule has 0 aliphatic carbocycles. The first-order valence-electron chi connectivity index (χ1n) is 6.06. The molecule has 0 saturated carbocycles. The highest BCUT2D eigenvalue weighted by Gasteiger charge is 2.18. The number of hydrogen-bond donors (Lipinski definition) is 2. The summed E-state index contributed by atoms with van der Waals surface area (Å²) in [7, 11) is 3.56. The Labute approximate surface area is 111 Å². The number of hydrogen-bond acceptors (Lipinski definition) is 3. The van der Waals surface area contributed by atoms with E-state index in [2.05, 4.69) is 16.1 Å². The highest BCUT2D eigenvalue weighted by molar-refractivity contribution is 6.01. The van der Waals surface area contributed by atoms with Crippen molar-refractivity contribution in [3.63, 3.8) is 0 Å². The van der Waals surface area contributed by atoms with Gasteiger partial charge in [-0.15, -0.1) is 0 Å². The first-order valence-corrected chi connectivity index (χ1v) is 6.06. The SMILES string of the molecule is COc1cccc2c(-c3c(N)cnn3C)c(C)[nH]c12. The molecule has 0 aliphatic rings. The van der Waals surface area contributed by atoms with Gasteiger partial charge in [-0.25, -0.2) is 0 Å². The molecule has 5 heteroatoms. The van der Waals surface area contributed by atoms with E-state index < -0.39 is 0 Å². The molecule has 0 radical (unpaired) electrons. The Bertz CT molecular complexity index is 735. The monoisotopic (exact) mass is 256 g/mol. The molecule has 0 saturated heterocycles. The number of benzene rings is 1. The minimum absolute atomic E-state index is 0.675. The standard InChI is InChI=1S/C14H16N4O/c1-8-12(14-10(15)7-16-18(14)2)9-5-4-6-11(19-3)13(9)17-8/h4-7,17H,15H2,1-3H3. The molecule has 2 heterocycles. The minimum Gasteiger partial charge on any atom is -0.495 e. The molecule has 0 amide bonds. The highest BCUT2D eigenvalue weighted by Crippen LogP contribution is 2.37. The number of nitrogen functional groups attached to an aromatic ring is 1. The van der Waals surface area contributed by atoms with Gasteiger partial charge in [0.25, 0.3) is 0 Å². The predicted octanol–water partition coefficient (Wildman–Crippen LogP) is 2.47. The predicted molar refractivity (Wildman–Crippen MR) is 76.2 cm³/mol. The van der Waals surface area contributed by atoms with Crippen molar-refractivity contribution in [1.82, 2.24) is 14.8 Å². The Morgan fingerprint density at radius 1 is 1.37 bits per heavy atom. The number of nitrogens with two attached hydrogens (primary N) is 1. The number of methoxy groups -OCH3 is 1. The van der Waals surface area contributed by atoms with E-state index in [9.17, 15) is 0 Å². The Hall–Kier alpha value is -2.43. The first kappa shape index (κ1) is 11.6. The Morgan fingerprint density at radius 2 is 2.16 bits per heavy atom. The van der Waals surface area contributed by atoms with Crippen LogP contribution in [0.4, 0.5) is 5.69 Å². The van der Waals surface area contributed by atoms with Crippen LogP contribution >= 0.6 is 0 Å². The van der Waals surface area contributed by atoms with E-state index in [-0.39, 0.29) is 0 Å². The summed E-state index contributed by atoms with van der Waals surface area (Å²) >= 11 is 0. The molecule has 0 atom stereocenters. The maximum atomic E-state index is 6.03. The third-order valence-corrected chi connectivity index (χ3v) is 3.41. The van der Waals surface area contributed by atoms with E-state index in [1.54, 1.807) is 18.0 Å². The number of fused-ring (bicyclic) bond motifs is 1. The van der Waals surface area contributed by atoms with Crippen molar-refractivity contribution in [3.05, 3.63) is 30.1 Å². The second kappa shape index (κ2) is 4.05. The van der Waals surface area contributed by atoms with Gasteiger partial charge in [-0.1, -0.05) is 12.1 Å². The summed E-state index contributed by atoms with van der Waals surface area (Å²) in [5.41, 5.74) is 10.7. The number of rotatable bonds is 2. The molecule has 19 heavy (non-hydrogen) atoms. The Morgan fingerprint density at radius 3 is 2.79 bits per heavy atom. The van der Waals surface area contributed by atoms with Gasteiger partial charge in [-0.2, -0.15) is 5.10 Å². The average molecular weight is 256 g/mol. The van der Waals surface area contributed by atoms with Crippen LogP contribution in [0.2, 0.25) is 0 Å². The molecule has 0 unspecified atom stereocenters. The van der Waals surface area contributed by atoms with Crippen LogP contribution in [0.15, 0.2) is 24.4 Å². The third kappa shape index (κ3) is 1.58. The normalized spacial score (nSPS) is 11.1. The maximum Gasteiger partial charge on any atom is 0.142 e. The van der Waals surface area contributed by atoms with E-state index >= 15 is 0 Å². The summed E-state index contributed by atoms with van der Waals surface area (Å²) in [6.07, 6.45) is 1.67. The van der Waals surface area contributed by atoms with Crippen molar-refractivity contribution in [1.29, 1.82) is 0 Å². The number of nitrogens with one attached hydrogen (secondary N) is 1. The summed E-state index contributed by atoms with van der Waals surface area (Å²) in [5, 5.41) is 5.30. The molecular weight excluding hydrogens is 240 g/mol. The summed E-state index contributed by atoms with van der Waals surface area (Å²) < 4.78 is 7.18. The lowest BCUT2D eigenvalue weighted by Crippen LogP contribution is -1.96. The zero-order valence-electron chi connectivity index (χ0n) is 11.2. The molecule has 2 aromatic heterocycles. The van der Waals surface area contributed by atoms with Crippen molar-refractivity contribution in [3.8, 4) is 17.0 Å². The van der Waals surface area contributed by atoms with Gasteiger partial charge in [-0.3, -0.25) is 4.68 Å². The van der Waals surface area contributed by atoms with Crippen molar-refractivity contribution in [2.75, 3.05) is 12.8 Å². The van der Waals surface area contributed by atoms with Gasteiger partial charge < -0.3 is 15.5 Å². The largest absolute Gasteiger partial charge is 0.495 e. The van der Waals surface area contributed by atoms with Crippen LogP contribution in [0.1, 0.15) is 5.69 Å². The van der Waals surface area contributed by atoms with Crippen LogP contribution in [0, 0.1) is 6.92 Å². The van der Waals surface area contributed by atoms with Crippen LogP contribution in [-0.4, -0.2) is 21.9 Å². The number of H-pyrrole nitrogens is 1. The van der Waals surface area contributed by atoms with E-state index in [1.165, 1.54) is 0 Å². The van der Waals surface area contributed by atoms with Crippen molar-refractivity contribution in [2.24, 2.45) is 7.05 Å². The van der Waals surface area contributed by atoms with Crippen molar-refractivity contribution in [2.45, 2.75) is 6.92 Å². The number of anilines is 1. The van der Waals surface area contributed by atoms with Gasteiger partial charge in [0.05, 0.1) is 30.2 Å². The molecule has 1 aromatic carbocycles. The highest BCUT2D eigenvalue weighted by atomic mass is 16.5. The fourth-order valence-electron chi connectivity index (χ4n) is 2.56. The number of aryl methyl sites for hydroxylation is 2. The van der Waals surface area contributed by atoms with Crippen LogP contribution < -0.4 is 10.5 Å². The summed E-state index contributed by atoms with van der Waals surface area (Å²) in [4.78, 5) is 3.37. The van der Waals surface area contributed by atoms with Gasteiger partial charge in [0, 0.05) is 23.7 Å². The smallest absolute Gasteiger partial charge is 0.142 e. The number of nitrogens with zero attached hydrogens (tertiary/aromatic N) is 2. The lowest BCUT2D eigenvalue weighted by atomic mass is 10.1. The second-order valence-corrected chi connectivity index (χ2v) is 4.58. The van der Waals surface area contributed by atoms with Crippen molar-refractivity contribution < 1.29 is 4.74 Å². The lowest BCUT2D eigenvalue weighted by molar-refractivity contribution is 0.419. The third-order valence-electron chi connectivity index (χ3n) is 3.41. The lowest BCUT2D eigenvalue weighted by Gasteiger charge is -2.05. The molecule has 3 rings (SSSR count). The van der Waals surface area contributed by atoms with E-state index in [0.29, 0.717) is 5.69 Å². The van der Waals surface area contributed by atoms with Crippen LogP contribution in [0.3, 0.4) is 0 Å². The minimum atomic E-state index is 0.675. The van der Waals surface area contributed by atoms with Gasteiger partial charge in [0.1, 0.15) is 5.75 Å². The van der Waals surface area contributed by atoms with Gasteiger partial charge in [-0.05, 0) is 13.0 Å². The molecule has 0 spiro atoms. The van der Waals surface area contributed by atoms with Crippen LogP contribution in [0.5, 0.6) is 5.75 Å². The van der Waals surface area contributed by atoms with Crippen LogP contribution in [-0.2, 0) is 7.05 Å². The maximum absolute atomic E-state index is 6.03. The zero-order chi connectivity index (χ0) is 13.6. The van der Waals surface area contributed by atoms with Crippen LogP contribution in [0.25, 0.3) is 22.2 Å². The molecule has 0 bridgehead atoms. The average Bonchev–Trinajstić information content (AvgIpc) is 2.89.